The summed E-state index contributed by atoms with van der Waals surface area (Å²) in [5.74, 6) is -0.449. The van der Waals surface area contributed by atoms with Crippen molar-refractivity contribution in [3.05, 3.63) is 0 Å². The van der Waals surface area contributed by atoms with Gasteiger partial charge in [-0.25, -0.2) is 0 Å². The maximum atomic E-state index is 11.1. The lowest BCUT2D eigenvalue weighted by Gasteiger charge is -2.25. The minimum Gasteiger partial charge on any atom is -0.385 e. The number of nitrogens with two attached hydrogens (primary N) is 2. The van der Waals surface area contributed by atoms with E-state index >= 15 is 0 Å². The van der Waals surface area contributed by atoms with Crippen LogP contribution in [0.25, 0.3) is 0 Å². The molecule has 19 heavy (non-hydrogen) atoms. The zero-order valence-corrected chi connectivity index (χ0v) is 12.5. The van der Waals surface area contributed by atoms with E-state index in [-0.39, 0.29) is 0 Å². The van der Waals surface area contributed by atoms with Crippen molar-refractivity contribution in [3.8, 4) is 0 Å². The molecule has 6 nitrogen and oxygen atoms in total. The molecule has 0 spiro atoms. The van der Waals surface area contributed by atoms with Gasteiger partial charge in [-0.2, -0.15) is 0 Å². The van der Waals surface area contributed by atoms with Gasteiger partial charge in [-0.05, 0) is 32.7 Å². The number of hydrogen-bond acceptors (Lipinski definition) is 5. The van der Waals surface area contributed by atoms with Crippen LogP contribution in [0.5, 0.6) is 0 Å². The van der Waals surface area contributed by atoms with Crippen molar-refractivity contribution in [1.29, 1.82) is 0 Å². The second-order valence-corrected chi connectivity index (χ2v) is 5.07. The molecule has 1 amide bonds. The van der Waals surface area contributed by atoms with Gasteiger partial charge in [0.2, 0.25) is 5.91 Å². The molecule has 0 radical (unpaired) electrons. The number of amides is 1. The highest BCUT2D eigenvalue weighted by Crippen LogP contribution is 2.09. The number of nitrogens with zero attached hydrogens (tertiary/aromatic N) is 1. The normalized spacial score (nSPS) is 14.6. The van der Waals surface area contributed by atoms with Gasteiger partial charge in [-0.15, -0.1) is 0 Å². The maximum Gasteiger partial charge on any atom is 0.237 e. The SMILES string of the molecule is COCCCN(CCCC(C)(N)C(N)=O)CCOC. The molecule has 0 aromatic heterocycles. The average molecular weight is 275 g/mol. The van der Waals surface area contributed by atoms with E-state index in [1.54, 1.807) is 21.1 Å². The summed E-state index contributed by atoms with van der Waals surface area (Å²) >= 11 is 0. The Labute approximate surface area is 116 Å². The van der Waals surface area contributed by atoms with Crippen LogP contribution in [0.4, 0.5) is 0 Å². The molecule has 1 unspecified atom stereocenters. The van der Waals surface area contributed by atoms with Crippen LogP contribution in [-0.4, -0.2) is 63.4 Å². The summed E-state index contributed by atoms with van der Waals surface area (Å²) in [6.07, 6.45) is 2.42. The Bertz CT molecular complexity index is 247. The highest BCUT2D eigenvalue weighted by Gasteiger charge is 2.24. The third-order valence-corrected chi connectivity index (χ3v) is 3.17. The van der Waals surface area contributed by atoms with E-state index < -0.39 is 11.4 Å². The molecule has 0 rings (SSSR count). The minimum absolute atomic E-state index is 0.449. The van der Waals surface area contributed by atoms with Crippen LogP contribution in [0.1, 0.15) is 26.2 Å². The third kappa shape index (κ3) is 8.93. The summed E-state index contributed by atoms with van der Waals surface area (Å²) in [6.45, 7) is 5.84. The summed E-state index contributed by atoms with van der Waals surface area (Å²) in [7, 11) is 3.39. The van der Waals surface area contributed by atoms with E-state index in [2.05, 4.69) is 4.90 Å². The van der Waals surface area contributed by atoms with E-state index in [0.717, 1.165) is 39.1 Å². The van der Waals surface area contributed by atoms with Gasteiger partial charge in [0.25, 0.3) is 0 Å². The number of methoxy groups -OCH3 is 2. The van der Waals surface area contributed by atoms with Crippen molar-refractivity contribution in [2.24, 2.45) is 11.5 Å². The Morgan fingerprint density at radius 1 is 1.11 bits per heavy atom. The molecule has 0 saturated carbocycles. The molecule has 0 aliphatic heterocycles. The molecular weight excluding hydrogens is 246 g/mol. The number of primary amides is 1. The summed E-state index contributed by atoms with van der Waals surface area (Å²) < 4.78 is 10.1. The highest BCUT2D eigenvalue weighted by atomic mass is 16.5. The van der Waals surface area contributed by atoms with E-state index in [4.69, 9.17) is 20.9 Å². The lowest BCUT2D eigenvalue weighted by Crippen LogP contribution is -2.49. The number of ether oxygens (including phenoxy) is 2. The van der Waals surface area contributed by atoms with Crippen LogP contribution in [0, 0.1) is 0 Å². The Balaban J connectivity index is 3.99. The van der Waals surface area contributed by atoms with Gasteiger partial charge in [0.15, 0.2) is 0 Å². The van der Waals surface area contributed by atoms with Crippen molar-refractivity contribution < 1.29 is 14.3 Å². The third-order valence-electron chi connectivity index (χ3n) is 3.17. The highest BCUT2D eigenvalue weighted by molar-refractivity contribution is 5.83. The van der Waals surface area contributed by atoms with Crippen molar-refractivity contribution >= 4 is 5.91 Å². The van der Waals surface area contributed by atoms with Gasteiger partial charge in [0.1, 0.15) is 0 Å². The largest absolute Gasteiger partial charge is 0.385 e. The second-order valence-electron chi connectivity index (χ2n) is 5.07. The maximum absolute atomic E-state index is 11.1. The Hall–Kier alpha value is -0.690. The fraction of sp³-hybridized carbons (Fsp3) is 0.923. The van der Waals surface area contributed by atoms with Gasteiger partial charge in [0, 0.05) is 33.9 Å². The topological polar surface area (TPSA) is 90.8 Å². The van der Waals surface area contributed by atoms with Gasteiger partial charge in [0.05, 0.1) is 12.1 Å². The first kappa shape index (κ1) is 18.3. The molecule has 6 heteroatoms. The quantitative estimate of drug-likeness (QED) is 0.487. The van der Waals surface area contributed by atoms with Crippen LogP contribution < -0.4 is 11.5 Å². The smallest absolute Gasteiger partial charge is 0.237 e. The lowest BCUT2D eigenvalue weighted by atomic mass is 9.96. The first-order valence-electron chi connectivity index (χ1n) is 6.73. The van der Waals surface area contributed by atoms with Crippen molar-refractivity contribution in [2.75, 3.05) is 47.1 Å². The van der Waals surface area contributed by atoms with Crippen LogP contribution in [-0.2, 0) is 14.3 Å². The fourth-order valence-electron chi connectivity index (χ4n) is 1.78. The van der Waals surface area contributed by atoms with Crippen LogP contribution in [0.15, 0.2) is 0 Å². The number of carbonyl (C=O) groups excluding carboxylic acids is 1. The standard InChI is InChI=1S/C13H29N3O3/c1-13(15,12(14)17)6-4-7-16(9-11-19-3)8-5-10-18-2/h4-11,15H2,1-3H3,(H2,14,17). The molecule has 0 saturated heterocycles. The van der Waals surface area contributed by atoms with Crippen LogP contribution in [0.3, 0.4) is 0 Å². The molecule has 0 aromatic rings. The summed E-state index contributed by atoms with van der Waals surface area (Å²) in [5.41, 5.74) is 10.2. The first-order chi connectivity index (χ1) is 8.94. The summed E-state index contributed by atoms with van der Waals surface area (Å²) in [5, 5.41) is 0. The van der Waals surface area contributed by atoms with E-state index in [9.17, 15) is 4.79 Å². The fourth-order valence-corrected chi connectivity index (χ4v) is 1.78. The number of carbonyl (C=O) groups is 1. The second kappa shape index (κ2) is 10.1. The van der Waals surface area contributed by atoms with E-state index in [0.29, 0.717) is 13.0 Å². The predicted molar refractivity (Wildman–Crippen MR) is 75.8 cm³/mol. The summed E-state index contributed by atoms with van der Waals surface area (Å²) in [4.78, 5) is 13.4. The van der Waals surface area contributed by atoms with Crippen molar-refractivity contribution in [1.82, 2.24) is 4.90 Å². The molecule has 114 valence electrons. The zero-order valence-electron chi connectivity index (χ0n) is 12.5. The Morgan fingerprint density at radius 3 is 2.21 bits per heavy atom. The molecule has 0 aliphatic carbocycles. The number of hydrogen-bond donors (Lipinski definition) is 2. The van der Waals surface area contributed by atoms with Crippen molar-refractivity contribution in [3.63, 3.8) is 0 Å². The predicted octanol–water partition coefficient (Wildman–Crippen LogP) is -0.0458. The molecule has 0 heterocycles. The molecule has 0 aliphatic rings. The molecule has 0 bridgehead atoms. The molecule has 0 aromatic carbocycles. The first-order valence-corrected chi connectivity index (χ1v) is 6.73. The van der Waals surface area contributed by atoms with E-state index in [1.807, 2.05) is 0 Å². The van der Waals surface area contributed by atoms with Crippen LogP contribution in [0.2, 0.25) is 0 Å². The van der Waals surface area contributed by atoms with Gasteiger partial charge in [-0.3, -0.25) is 4.79 Å². The van der Waals surface area contributed by atoms with Gasteiger partial charge in [-0.1, -0.05) is 0 Å². The van der Waals surface area contributed by atoms with E-state index in [1.165, 1.54) is 0 Å². The summed E-state index contributed by atoms with van der Waals surface area (Å²) in [6, 6.07) is 0. The Morgan fingerprint density at radius 2 is 1.68 bits per heavy atom. The lowest BCUT2D eigenvalue weighted by molar-refractivity contribution is -0.122. The monoisotopic (exact) mass is 275 g/mol. The number of rotatable bonds is 12. The van der Waals surface area contributed by atoms with Gasteiger partial charge >= 0.3 is 0 Å². The molecule has 0 fully saturated rings. The molecule has 1 atom stereocenters. The molecule has 4 N–H and O–H groups in total. The zero-order chi connectivity index (χ0) is 14.7. The van der Waals surface area contributed by atoms with Gasteiger partial charge < -0.3 is 25.8 Å². The van der Waals surface area contributed by atoms with Crippen molar-refractivity contribution in [2.45, 2.75) is 31.7 Å². The minimum atomic E-state index is -0.917. The Kier molecular flexibility index (Phi) is 9.77. The van der Waals surface area contributed by atoms with Crippen LogP contribution >= 0.6 is 0 Å². The molecular formula is C13H29N3O3. The average Bonchev–Trinajstić information content (AvgIpc) is 2.35.